The number of pyridine rings is 1. The van der Waals surface area contributed by atoms with E-state index in [9.17, 15) is 4.79 Å². The van der Waals surface area contributed by atoms with Crippen molar-refractivity contribution in [3.8, 4) is 0 Å². The van der Waals surface area contributed by atoms with Crippen molar-refractivity contribution in [1.29, 1.82) is 0 Å². The van der Waals surface area contributed by atoms with Crippen LogP contribution in [0.3, 0.4) is 0 Å². The molecule has 0 aliphatic rings. The Labute approximate surface area is 171 Å². The van der Waals surface area contributed by atoms with Crippen molar-refractivity contribution in [3.05, 3.63) is 70.1 Å². The third-order valence-corrected chi connectivity index (χ3v) is 5.16. The first-order valence-electron chi connectivity index (χ1n) is 8.30. The molecule has 8 heteroatoms. The second kappa shape index (κ2) is 9.26. The van der Waals surface area contributed by atoms with Crippen molar-refractivity contribution in [2.75, 3.05) is 12.0 Å². The molecule has 1 amide bonds. The number of aromatic nitrogens is 3. The zero-order valence-electron chi connectivity index (χ0n) is 14.6. The molecule has 1 aromatic carbocycles. The van der Waals surface area contributed by atoms with E-state index in [2.05, 4.69) is 15.5 Å². The molecule has 0 aliphatic carbocycles. The Morgan fingerprint density at radius 2 is 2.15 bits per heavy atom. The van der Waals surface area contributed by atoms with Gasteiger partial charge in [-0.15, -0.1) is 10.2 Å². The van der Waals surface area contributed by atoms with Crippen LogP contribution in [0.1, 0.15) is 23.9 Å². The molecule has 0 spiro atoms. The van der Waals surface area contributed by atoms with Gasteiger partial charge in [-0.3, -0.25) is 9.20 Å². The first-order chi connectivity index (χ1) is 13.1. The normalized spacial score (nSPS) is 12.6. The van der Waals surface area contributed by atoms with Crippen molar-refractivity contribution in [1.82, 2.24) is 19.9 Å². The summed E-state index contributed by atoms with van der Waals surface area (Å²) in [5.74, 6) is 1.38. The predicted molar refractivity (Wildman–Crippen MR) is 112 cm³/mol. The van der Waals surface area contributed by atoms with Gasteiger partial charge in [-0.2, -0.15) is 11.8 Å². The van der Waals surface area contributed by atoms with Crippen LogP contribution in [-0.4, -0.2) is 32.5 Å². The topological polar surface area (TPSA) is 59.3 Å². The molecule has 0 bridgehead atoms. The molecule has 3 aromatic rings. The van der Waals surface area contributed by atoms with Crippen LogP contribution in [0.15, 0.2) is 48.7 Å². The number of hydrogen-bond donors (Lipinski definition) is 1. The van der Waals surface area contributed by atoms with Crippen molar-refractivity contribution >= 4 is 52.6 Å². The van der Waals surface area contributed by atoms with Crippen LogP contribution in [0.5, 0.6) is 0 Å². The van der Waals surface area contributed by atoms with Gasteiger partial charge in [0, 0.05) is 22.3 Å². The van der Waals surface area contributed by atoms with Crippen LogP contribution < -0.4 is 5.32 Å². The molecule has 1 atom stereocenters. The Morgan fingerprint density at radius 1 is 1.30 bits per heavy atom. The summed E-state index contributed by atoms with van der Waals surface area (Å²) in [6.45, 7) is 0. The van der Waals surface area contributed by atoms with Gasteiger partial charge in [-0.1, -0.05) is 35.3 Å². The molecular formula is C19H18Cl2N4OS. The number of benzene rings is 1. The molecule has 2 heterocycles. The van der Waals surface area contributed by atoms with Gasteiger partial charge < -0.3 is 5.32 Å². The van der Waals surface area contributed by atoms with E-state index in [-0.39, 0.29) is 11.9 Å². The third kappa shape index (κ3) is 5.03. The smallest absolute Gasteiger partial charge is 0.244 e. The molecule has 5 nitrogen and oxygen atoms in total. The first kappa shape index (κ1) is 19.7. The molecule has 27 heavy (non-hydrogen) atoms. The summed E-state index contributed by atoms with van der Waals surface area (Å²) in [6, 6.07) is 10.6. The highest BCUT2D eigenvalue weighted by atomic mass is 35.5. The second-order valence-electron chi connectivity index (χ2n) is 5.83. The number of fused-ring (bicyclic) bond motifs is 1. The van der Waals surface area contributed by atoms with E-state index in [1.807, 2.05) is 35.1 Å². The molecule has 140 valence electrons. The number of carbonyl (C=O) groups is 1. The number of halogens is 2. The maximum atomic E-state index is 12.5. The molecule has 0 aliphatic heterocycles. The van der Waals surface area contributed by atoms with Crippen LogP contribution in [-0.2, 0) is 4.79 Å². The Bertz CT molecular complexity index is 973. The van der Waals surface area contributed by atoms with Gasteiger partial charge in [0.1, 0.15) is 0 Å². The molecule has 2 aromatic heterocycles. The minimum Gasteiger partial charge on any atom is -0.342 e. The first-order valence-corrected chi connectivity index (χ1v) is 10.5. The van der Waals surface area contributed by atoms with E-state index in [0.717, 1.165) is 23.4 Å². The van der Waals surface area contributed by atoms with E-state index in [1.165, 1.54) is 6.08 Å². The molecule has 1 N–H and O–H groups in total. The number of nitrogens with zero attached hydrogens (tertiary/aromatic N) is 3. The number of nitrogens with one attached hydrogen (secondary N) is 1. The van der Waals surface area contributed by atoms with Gasteiger partial charge in [-0.25, -0.2) is 0 Å². The van der Waals surface area contributed by atoms with E-state index in [4.69, 9.17) is 23.2 Å². The highest BCUT2D eigenvalue weighted by Crippen LogP contribution is 2.22. The van der Waals surface area contributed by atoms with Gasteiger partial charge in [0.05, 0.1) is 6.04 Å². The fourth-order valence-corrected chi connectivity index (χ4v) is 3.56. The molecular weight excluding hydrogens is 403 g/mol. The number of amides is 1. The van der Waals surface area contributed by atoms with Gasteiger partial charge in [-0.05, 0) is 54.3 Å². The van der Waals surface area contributed by atoms with Gasteiger partial charge in [0.2, 0.25) is 5.91 Å². The summed E-state index contributed by atoms with van der Waals surface area (Å²) >= 11 is 13.8. The number of carbonyl (C=O) groups excluding carboxylic acids is 1. The van der Waals surface area contributed by atoms with Crippen molar-refractivity contribution in [2.45, 2.75) is 12.5 Å². The molecule has 0 saturated carbocycles. The minimum absolute atomic E-state index is 0.222. The lowest BCUT2D eigenvalue weighted by molar-refractivity contribution is -0.117. The summed E-state index contributed by atoms with van der Waals surface area (Å²) in [5, 5.41) is 12.5. The minimum atomic E-state index is -0.243. The summed E-state index contributed by atoms with van der Waals surface area (Å²) in [5.41, 5.74) is 1.48. The quantitative estimate of drug-likeness (QED) is 0.564. The summed E-state index contributed by atoms with van der Waals surface area (Å²) < 4.78 is 1.89. The van der Waals surface area contributed by atoms with E-state index in [0.29, 0.717) is 15.9 Å². The molecule has 0 radical (unpaired) electrons. The number of hydrogen-bond acceptors (Lipinski definition) is 4. The number of thioether (sulfide) groups is 1. The molecule has 3 rings (SSSR count). The largest absolute Gasteiger partial charge is 0.342 e. The SMILES string of the molecule is CSCCC(NC(=O)/C=C/c1ccc(Cl)cc1Cl)c1nnc2ccccn12. The summed E-state index contributed by atoms with van der Waals surface area (Å²) in [4.78, 5) is 12.5. The second-order valence-corrected chi connectivity index (χ2v) is 7.66. The highest BCUT2D eigenvalue weighted by molar-refractivity contribution is 7.98. The monoisotopic (exact) mass is 420 g/mol. The van der Waals surface area contributed by atoms with E-state index >= 15 is 0 Å². The van der Waals surface area contributed by atoms with Crippen LogP contribution in [0.25, 0.3) is 11.7 Å². The van der Waals surface area contributed by atoms with Crippen molar-refractivity contribution < 1.29 is 4.79 Å². The lowest BCUT2D eigenvalue weighted by Crippen LogP contribution is -2.29. The Morgan fingerprint density at radius 3 is 2.93 bits per heavy atom. The predicted octanol–water partition coefficient (Wildman–Crippen LogP) is 4.66. The van der Waals surface area contributed by atoms with Gasteiger partial charge in [0.15, 0.2) is 11.5 Å². The Balaban J connectivity index is 1.77. The van der Waals surface area contributed by atoms with Gasteiger partial charge in [0.25, 0.3) is 0 Å². The van der Waals surface area contributed by atoms with Crippen LogP contribution in [0.4, 0.5) is 0 Å². The van der Waals surface area contributed by atoms with E-state index < -0.39 is 0 Å². The van der Waals surface area contributed by atoms with Crippen LogP contribution in [0, 0.1) is 0 Å². The number of rotatable bonds is 7. The van der Waals surface area contributed by atoms with Crippen molar-refractivity contribution in [2.24, 2.45) is 0 Å². The lowest BCUT2D eigenvalue weighted by atomic mass is 10.2. The van der Waals surface area contributed by atoms with E-state index in [1.54, 1.807) is 36.0 Å². The van der Waals surface area contributed by atoms with Crippen LogP contribution >= 0.6 is 35.0 Å². The standard InChI is InChI=1S/C19H18Cl2N4OS/c1-27-11-9-16(19-24-23-17-4-2-3-10-25(17)19)22-18(26)8-6-13-5-7-14(20)12-15(13)21/h2-8,10,12,16H,9,11H2,1H3,(H,22,26)/b8-6+. The van der Waals surface area contributed by atoms with Crippen molar-refractivity contribution in [3.63, 3.8) is 0 Å². The third-order valence-electron chi connectivity index (χ3n) is 3.96. The zero-order chi connectivity index (χ0) is 19.2. The Kier molecular flexibility index (Phi) is 6.77. The summed E-state index contributed by atoms with van der Waals surface area (Å²) in [7, 11) is 0. The fourth-order valence-electron chi connectivity index (χ4n) is 2.62. The maximum Gasteiger partial charge on any atom is 0.244 e. The van der Waals surface area contributed by atoms with Crippen LogP contribution in [0.2, 0.25) is 10.0 Å². The lowest BCUT2D eigenvalue weighted by Gasteiger charge is -2.16. The molecule has 1 unspecified atom stereocenters. The summed E-state index contributed by atoms with van der Waals surface area (Å²) in [6.07, 6.45) is 7.81. The highest BCUT2D eigenvalue weighted by Gasteiger charge is 2.19. The average Bonchev–Trinajstić information content (AvgIpc) is 3.08. The van der Waals surface area contributed by atoms with Gasteiger partial charge >= 0.3 is 0 Å². The zero-order valence-corrected chi connectivity index (χ0v) is 16.9. The Hall–Kier alpha value is -2.02. The molecule has 0 fully saturated rings. The average molecular weight is 421 g/mol. The molecule has 0 saturated heterocycles. The fraction of sp³-hybridized carbons (Fsp3) is 0.211. The maximum absolute atomic E-state index is 12.5.